The van der Waals surface area contributed by atoms with Gasteiger partial charge in [-0.3, -0.25) is 0 Å². The molecule has 0 atom stereocenters. The number of nitrogens with zero attached hydrogens (tertiary/aromatic N) is 1. The monoisotopic (exact) mass is 167 g/mol. The minimum absolute atomic E-state index is 0.403. The highest BCUT2D eigenvalue weighted by Gasteiger charge is 1.99. The lowest BCUT2D eigenvalue weighted by molar-refractivity contribution is 0.158. The third kappa shape index (κ3) is 2.45. The van der Waals surface area contributed by atoms with Crippen molar-refractivity contribution in [1.29, 1.82) is 0 Å². The molecule has 0 heterocycles. The van der Waals surface area contributed by atoms with E-state index in [-0.39, 0.29) is 0 Å². The number of carbonyl (C=O) groups excluding carboxylic acids is 1. The lowest BCUT2D eigenvalue weighted by Gasteiger charge is -2.02. The summed E-state index contributed by atoms with van der Waals surface area (Å²) in [6.45, 7) is 0. The first kappa shape index (κ1) is 6.75. The van der Waals surface area contributed by atoms with Crippen molar-refractivity contribution in [3.8, 4) is 0 Å². The quantitative estimate of drug-likeness (QED) is 0.505. The van der Waals surface area contributed by atoms with E-state index in [0.717, 1.165) is 0 Å². The standard InChI is InChI=1S/C3H6BrNO2/c1-5(4)3(6)7-2/h1-2H3. The van der Waals surface area contributed by atoms with Gasteiger partial charge in [0.25, 0.3) is 0 Å². The number of halogens is 1. The number of hydrogen-bond donors (Lipinski definition) is 0. The van der Waals surface area contributed by atoms with Gasteiger partial charge in [0.1, 0.15) is 0 Å². The van der Waals surface area contributed by atoms with Gasteiger partial charge in [0.15, 0.2) is 0 Å². The first-order valence-corrected chi connectivity index (χ1v) is 2.37. The molecule has 0 aromatic carbocycles. The topological polar surface area (TPSA) is 29.5 Å². The second-order valence-corrected chi connectivity index (χ2v) is 2.01. The molecule has 0 aliphatic carbocycles. The molecule has 0 aromatic rings. The minimum atomic E-state index is -0.403. The molecule has 7 heavy (non-hydrogen) atoms. The molecule has 1 amide bonds. The lowest BCUT2D eigenvalue weighted by atomic mass is 11.1. The van der Waals surface area contributed by atoms with Crippen molar-refractivity contribution in [3.63, 3.8) is 0 Å². The Bertz CT molecular complexity index is 73.3. The second-order valence-electron chi connectivity index (χ2n) is 0.947. The van der Waals surface area contributed by atoms with E-state index in [2.05, 4.69) is 20.9 Å². The molecule has 0 saturated carbocycles. The van der Waals surface area contributed by atoms with Crippen LogP contribution in [0.4, 0.5) is 4.79 Å². The molecule has 42 valence electrons. The second kappa shape index (κ2) is 2.85. The molecule has 0 bridgehead atoms. The Balaban J connectivity index is 3.35. The van der Waals surface area contributed by atoms with E-state index in [1.54, 1.807) is 7.05 Å². The first-order valence-electron chi connectivity index (χ1n) is 1.66. The Hall–Kier alpha value is -0.250. The maximum atomic E-state index is 10.2. The van der Waals surface area contributed by atoms with Crippen molar-refractivity contribution in [1.82, 2.24) is 3.93 Å². The van der Waals surface area contributed by atoms with Gasteiger partial charge in [-0.2, -0.15) is 0 Å². The van der Waals surface area contributed by atoms with Crippen LogP contribution in [0.5, 0.6) is 0 Å². The zero-order valence-electron chi connectivity index (χ0n) is 4.14. The summed E-state index contributed by atoms with van der Waals surface area (Å²) in [6.07, 6.45) is -0.403. The van der Waals surface area contributed by atoms with Crippen LogP contribution in [0.1, 0.15) is 0 Å². The molecule has 0 fully saturated rings. The van der Waals surface area contributed by atoms with Gasteiger partial charge < -0.3 is 4.74 Å². The molecule has 0 N–H and O–H groups in total. The molecule has 0 aromatic heterocycles. The minimum Gasteiger partial charge on any atom is -0.452 e. The van der Waals surface area contributed by atoms with Crippen molar-refractivity contribution >= 4 is 22.2 Å². The molecular weight excluding hydrogens is 162 g/mol. The van der Waals surface area contributed by atoms with Gasteiger partial charge in [0, 0.05) is 7.05 Å². The third-order valence-corrected chi connectivity index (χ3v) is 0.716. The van der Waals surface area contributed by atoms with Gasteiger partial charge in [0.05, 0.1) is 23.3 Å². The first-order chi connectivity index (χ1) is 3.18. The average Bonchev–Trinajstić information content (AvgIpc) is 1.65. The Morgan fingerprint density at radius 1 is 1.86 bits per heavy atom. The molecule has 0 unspecified atom stereocenters. The van der Waals surface area contributed by atoms with E-state index < -0.39 is 6.09 Å². The molecule has 4 heteroatoms. The van der Waals surface area contributed by atoms with E-state index in [1.165, 1.54) is 11.0 Å². The Labute approximate surface area is 50.6 Å². The zero-order valence-corrected chi connectivity index (χ0v) is 5.73. The zero-order chi connectivity index (χ0) is 5.86. The highest BCUT2D eigenvalue weighted by molar-refractivity contribution is 9.07. The summed E-state index contributed by atoms with van der Waals surface area (Å²) in [6, 6.07) is 0. The molecule has 0 rings (SSSR count). The number of amides is 1. The Kier molecular flexibility index (Phi) is 2.75. The van der Waals surface area contributed by atoms with Crippen LogP contribution < -0.4 is 0 Å². The fraction of sp³-hybridized carbons (Fsp3) is 0.667. The van der Waals surface area contributed by atoms with Crippen LogP contribution in [0.2, 0.25) is 0 Å². The van der Waals surface area contributed by atoms with E-state index in [0.29, 0.717) is 0 Å². The summed E-state index contributed by atoms with van der Waals surface area (Å²) in [4.78, 5) is 10.2. The summed E-state index contributed by atoms with van der Waals surface area (Å²) in [5.74, 6) is 0. The van der Waals surface area contributed by atoms with Gasteiger partial charge in [-0.1, -0.05) is 0 Å². The van der Waals surface area contributed by atoms with Crippen molar-refractivity contribution < 1.29 is 9.53 Å². The maximum Gasteiger partial charge on any atom is 0.419 e. The van der Waals surface area contributed by atoms with E-state index >= 15 is 0 Å². The van der Waals surface area contributed by atoms with Gasteiger partial charge in [-0.05, 0) is 0 Å². The van der Waals surface area contributed by atoms with Crippen LogP contribution in [0, 0.1) is 0 Å². The SMILES string of the molecule is COC(=O)N(C)Br. The van der Waals surface area contributed by atoms with Gasteiger partial charge in [-0.15, -0.1) is 0 Å². The van der Waals surface area contributed by atoms with E-state index in [9.17, 15) is 4.79 Å². The average molecular weight is 168 g/mol. The van der Waals surface area contributed by atoms with Gasteiger partial charge in [-0.25, -0.2) is 8.72 Å². The summed E-state index contributed by atoms with van der Waals surface area (Å²) >= 11 is 2.86. The summed E-state index contributed by atoms with van der Waals surface area (Å²) < 4.78 is 5.43. The number of carbonyl (C=O) groups is 1. The molecule has 0 spiro atoms. The molecular formula is C3H6BrNO2. The number of hydrogen-bond acceptors (Lipinski definition) is 2. The largest absolute Gasteiger partial charge is 0.452 e. The van der Waals surface area contributed by atoms with Crippen molar-refractivity contribution in [3.05, 3.63) is 0 Å². The maximum absolute atomic E-state index is 10.2. The van der Waals surface area contributed by atoms with Crippen molar-refractivity contribution in [2.45, 2.75) is 0 Å². The molecule has 0 radical (unpaired) electrons. The smallest absolute Gasteiger partial charge is 0.419 e. The van der Waals surface area contributed by atoms with Crippen LogP contribution in [0.15, 0.2) is 0 Å². The predicted octanol–water partition coefficient (Wildman–Crippen LogP) is 0.995. The molecule has 0 saturated heterocycles. The van der Waals surface area contributed by atoms with Crippen LogP contribution in [-0.2, 0) is 4.74 Å². The number of ether oxygens (including phenoxy) is 1. The number of methoxy groups -OCH3 is 1. The Morgan fingerprint density at radius 3 is 2.29 bits per heavy atom. The molecule has 0 aliphatic heterocycles. The van der Waals surface area contributed by atoms with Crippen LogP contribution in [0.3, 0.4) is 0 Å². The van der Waals surface area contributed by atoms with Crippen LogP contribution >= 0.6 is 16.1 Å². The summed E-state index contributed by atoms with van der Waals surface area (Å²) in [5, 5.41) is 0. The predicted molar refractivity (Wildman–Crippen MR) is 29.1 cm³/mol. The van der Waals surface area contributed by atoms with E-state index in [1.807, 2.05) is 0 Å². The fourth-order valence-electron chi connectivity index (χ4n) is 0.126. The highest BCUT2D eigenvalue weighted by atomic mass is 79.9. The van der Waals surface area contributed by atoms with Crippen LogP contribution in [0.25, 0.3) is 0 Å². The normalized spacial score (nSPS) is 7.86. The summed E-state index contributed by atoms with van der Waals surface area (Å²) in [7, 11) is 2.87. The van der Waals surface area contributed by atoms with Crippen molar-refractivity contribution in [2.24, 2.45) is 0 Å². The third-order valence-electron chi connectivity index (χ3n) is 0.426. The van der Waals surface area contributed by atoms with Gasteiger partial charge in [0.2, 0.25) is 0 Å². The number of rotatable bonds is 0. The van der Waals surface area contributed by atoms with Crippen LogP contribution in [-0.4, -0.2) is 24.2 Å². The summed E-state index contributed by atoms with van der Waals surface area (Å²) in [5.41, 5.74) is 0. The van der Waals surface area contributed by atoms with Gasteiger partial charge >= 0.3 is 6.09 Å². The van der Waals surface area contributed by atoms with Crippen molar-refractivity contribution in [2.75, 3.05) is 14.2 Å². The van der Waals surface area contributed by atoms with E-state index in [4.69, 9.17) is 0 Å². The lowest BCUT2D eigenvalue weighted by Crippen LogP contribution is -2.14. The highest BCUT2D eigenvalue weighted by Crippen LogP contribution is 1.92. The fourth-order valence-corrected chi connectivity index (χ4v) is 0.271. The molecule has 0 aliphatic rings. The molecule has 3 nitrogen and oxygen atoms in total. The Morgan fingerprint density at radius 2 is 2.29 bits per heavy atom.